The molecule has 3 aromatic rings. The Morgan fingerprint density at radius 1 is 1.03 bits per heavy atom. The number of carbonyl (C=O) groups excluding carboxylic acids is 1. The first-order valence-electron chi connectivity index (χ1n) is 8.53. The molecule has 9 heteroatoms. The standard InChI is InChI=1S/C21H11F4NO2S2/c22-14-6-4-12(5-7-14)17-9-8-16(28-17)11-18-19(27)26(20(29)30-18)15-3-1-2-13(10-15)21(23,24)25/h1-11H/b18-11-. The third-order valence-corrected chi connectivity index (χ3v) is 5.56. The van der Waals surface area contributed by atoms with E-state index in [9.17, 15) is 22.4 Å². The van der Waals surface area contributed by atoms with Crippen LogP contribution in [0, 0.1) is 5.82 Å². The number of hydrogen-bond donors (Lipinski definition) is 0. The van der Waals surface area contributed by atoms with Crippen molar-refractivity contribution in [1.82, 2.24) is 0 Å². The molecular weight excluding hydrogens is 438 g/mol. The Bertz CT molecular complexity index is 1170. The maximum absolute atomic E-state index is 13.1. The van der Waals surface area contributed by atoms with Crippen LogP contribution in [0.15, 0.2) is 70.0 Å². The van der Waals surface area contributed by atoms with E-state index < -0.39 is 17.6 Å². The minimum atomic E-state index is -4.53. The second-order valence-corrected chi connectivity index (χ2v) is 7.95. The van der Waals surface area contributed by atoms with Crippen LogP contribution < -0.4 is 4.90 Å². The molecule has 0 radical (unpaired) electrons. The molecule has 0 atom stereocenters. The molecule has 1 fully saturated rings. The quantitative estimate of drug-likeness (QED) is 0.259. The van der Waals surface area contributed by atoms with Gasteiger partial charge in [-0.1, -0.05) is 30.0 Å². The van der Waals surface area contributed by atoms with Crippen LogP contribution in [0.1, 0.15) is 11.3 Å². The highest BCUT2D eigenvalue weighted by atomic mass is 32.2. The van der Waals surface area contributed by atoms with Crippen molar-refractivity contribution in [2.75, 3.05) is 4.90 Å². The molecule has 3 nitrogen and oxygen atoms in total. The maximum Gasteiger partial charge on any atom is 0.416 e. The minimum Gasteiger partial charge on any atom is -0.457 e. The van der Waals surface area contributed by atoms with E-state index in [0.717, 1.165) is 28.8 Å². The molecule has 1 saturated heterocycles. The fraction of sp³-hybridized carbons (Fsp3) is 0.0476. The van der Waals surface area contributed by atoms with E-state index in [1.807, 2.05) is 0 Å². The Hall–Kier alpha value is -2.91. The number of carbonyl (C=O) groups is 1. The van der Waals surface area contributed by atoms with E-state index in [1.54, 1.807) is 24.3 Å². The van der Waals surface area contributed by atoms with E-state index in [1.165, 1.54) is 30.3 Å². The number of rotatable bonds is 3. The first-order valence-corrected chi connectivity index (χ1v) is 9.76. The molecule has 0 saturated carbocycles. The lowest BCUT2D eigenvalue weighted by atomic mass is 10.2. The van der Waals surface area contributed by atoms with Gasteiger partial charge in [0.05, 0.1) is 16.2 Å². The zero-order chi connectivity index (χ0) is 21.5. The molecule has 1 amide bonds. The Labute approximate surface area is 178 Å². The number of halogens is 4. The van der Waals surface area contributed by atoms with Crippen LogP contribution in [0.5, 0.6) is 0 Å². The second-order valence-electron chi connectivity index (χ2n) is 6.27. The molecule has 0 aliphatic carbocycles. The molecule has 4 rings (SSSR count). The molecule has 1 aliphatic heterocycles. The summed E-state index contributed by atoms with van der Waals surface area (Å²) in [6.07, 6.45) is -3.06. The third kappa shape index (κ3) is 4.03. The minimum absolute atomic E-state index is 0.0437. The molecule has 2 heterocycles. The fourth-order valence-electron chi connectivity index (χ4n) is 2.84. The van der Waals surface area contributed by atoms with Crippen molar-refractivity contribution in [3.05, 3.63) is 82.7 Å². The highest BCUT2D eigenvalue weighted by Crippen LogP contribution is 2.38. The smallest absolute Gasteiger partial charge is 0.416 e. The van der Waals surface area contributed by atoms with Gasteiger partial charge in [0.25, 0.3) is 5.91 Å². The van der Waals surface area contributed by atoms with Gasteiger partial charge in [-0.15, -0.1) is 0 Å². The van der Waals surface area contributed by atoms with Crippen molar-refractivity contribution < 1.29 is 26.8 Å². The lowest BCUT2D eigenvalue weighted by molar-refractivity contribution is -0.137. The first-order chi connectivity index (χ1) is 14.2. The van der Waals surface area contributed by atoms with Crippen molar-refractivity contribution in [2.24, 2.45) is 0 Å². The number of benzene rings is 2. The number of nitrogens with zero attached hydrogens (tertiary/aromatic N) is 1. The summed E-state index contributed by atoms with van der Waals surface area (Å²) in [6.45, 7) is 0. The number of thioether (sulfide) groups is 1. The number of furan rings is 1. The Morgan fingerprint density at radius 2 is 1.77 bits per heavy atom. The van der Waals surface area contributed by atoms with Crippen LogP contribution >= 0.6 is 24.0 Å². The molecule has 0 spiro atoms. The fourth-order valence-corrected chi connectivity index (χ4v) is 4.12. The molecule has 0 unspecified atom stereocenters. The van der Waals surface area contributed by atoms with E-state index in [2.05, 4.69) is 0 Å². The third-order valence-electron chi connectivity index (χ3n) is 4.25. The van der Waals surface area contributed by atoms with E-state index in [-0.39, 0.29) is 20.7 Å². The summed E-state index contributed by atoms with van der Waals surface area (Å²) in [4.78, 5) is 14.1. The monoisotopic (exact) mass is 449 g/mol. The second kappa shape index (κ2) is 7.73. The Morgan fingerprint density at radius 3 is 2.47 bits per heavy atom. The predicted molar refractivity (Wildman–Crippen MR) is 111 cm³/mol. The molecule has 1 aromatic heterocycles. The van der Waals surface area contributed by atoms with Gasteiger partial charge in [0.2, 0.25) is 0 Å². The summed E-state index contributed by atoms with van der Waals surface area (Å²) in [5.74, 6) is -0.0682. The van der Waals surface area contributed by atoms with Crippen LogP contribution in [0.2, 0.25) is 0 Å². The van der Waals surface area contributed by atoms with Gasteiger partial charge >= 0.3 is 6.18 Å². The number of alkyl halides is 3. The molecule has 0 N–H and O–H groups in total. The van der Waals surface area contributed by atoms with Crippen LogP contribution in [-0.2, 0) is 11.0 Å². The first kappa shape index (κ1) is 20.4. The summed E-state index contributed by atoms with van der Waals surface area (Å²) in [6, 6.07) is 13.5. The van der Waals surface area contributed by atoms with Crippen molar-refractivity contribution in [1.29, 1.82) is 0 Å². The topological polar surface area (TPSA) is 33.5 Å². The van der Waals surface area contributed by atoms with Gasteiger partial charge < -0.3 is 4.42 Å². The number of amides is 1. The number of hydrogen-bond acceptors (Lipinski definition) is 4. The summed E-state index contributed by atoms with van der Waals surface area (Å²) >= 11 is 6.17. The van der Waals surface area contributed by atoms with Crippen LogP contribution in [0.4, 0.5) is 23.2 Å². The highest BCUT2D eigenvalue weighted by Gasteiger charge is 2.36. The van der Waals surface area contributed by atoms with Crippen molar-refractivity contribution in [2.45, 2.75) is 6.18 Å². The summed E-state index contributed by atoms with van der Waals surface area (Å²) < 4.78 is 57.8. The largest absolute Gasteiger partial charge is 0.457 e. The average Bonchev–Trinajstić information content (AvgIpc) is 3.26. The van der Waals surface area contributed by atoms with Gasteiger partial charge in [-0.2, -0.15) is 13.2 Å². The summed E-state index contributed by atoms with van der Waals surface area (Å²) in [5, 5.41) is 0. The Kier molecular flexibility index (Phi) is 5.25. The summed E-state index contributed by atoms with van der Waals surface area (Å²) in [5.41, 5.74) is -0.164. The highest BCUT2D eigenvalue weighted by molar-refractivity contribution is 8.27. The van der Waals surface area contributed by atoms with Crippen LogP contribution in [0.3, 0.4) is 0 Å². The lowest BCUT2D eigenvalue weighted by Crippen LogP contribution is -2.27. The van der Waals surface area contributed by atoms with Crippen molar-refractivity contribution in [3.8, 4) is 11.3 Å². The van der Waals surface area contributed by atoms with Crippen LogP contribution in [-0.4, -0.2) is 10.2 Å². The zero-order valence-corrected chi connectivity index (χ0v) is 16.6. The van der Waals surface area contributed by atoms with Gasteiger partial charge in [-0.05, 0) is 54.6 Å². The molecular formula is C21H11F4NO2S2. The van der Waals surface area contributed by atoms with E-state index in [4.69, 9.17) is 16.6 Å². The molecule has 30 heavy (non-hydrogen) atoms. The van der Waals surface area contributed by atoms with Gasteiger partial charge in [0, 0.05) is 11.6 Å². The number of anilines is 1. The average molecular weight is 449 g/mol. The Balaban J connectivity index is 1.60. The lowest BCUT2D eigenvalue weighted by Gasteiger charge is -2.16. The molecule has 1 aliphatic rings. The predicted octanol–water partition coefficient (Wildman–Crippen LogP) is 6.51. The zero-order valence-electron chi connectivity index (χ0n) is 14.9. The molecule has 2 aromatic carbocycles. The van der Waals surface area contributed by atoms with Gasteiger partial charge in [-0.25, -0.2) is 4.39 Å². The number of thiocarbonyl (C=S) groups is 1. The van der Waals surface area contributed by atoms with Crippen LogP contribution in [0.25, 0.3) is 17.4 Å². The SMILES string of the molecule is O=C1/C(=C/c2ccc(-c3ccc(F)cc3)o2)SC(=S)N1c1cccc(C(F)(F)F)c1. The van der Waals surface area contributed by atoms with E-state index in [0.29, 0.717) is 17.1 Å². The van der Waals surface area contributed by atoms with Crippen molar-refractivity contribution >= 4 is 46.0 Å². The van der Waals surface area contributed by atoms with Gasteiger partial charge in [-0.3, -0.25) is 9.69 Å². The van der Waals surface area contributed by atoms with E-state index >= 15 is 0 Å². The van der Waals surface area contributed by atoms with Crippen molar-refractivity contribution in [3.63, 3.8) is 0 Å². The normalized spacial score (nSPS) is 16.0. The summed E-state index contributed by atoms with van der Waals surface area (Å²) in [7, 11) is 0. The van der Waals surface area contributed by atoms with Gasteiger partial charge in [0.1, 0.15) is 17.3 Å². The van der Waals surface area contributed by atoms with Gasteiger partial charge in [0.15, 0.2) is 4.32 Å². The molecule has 152 valence electrons. The maximum atomic E-state index is 13.1. The molecule has 0 bridgehead atoms.